The van der Waals surface area contributed by atoms with E-state index in [9.17, 15) is 14.7 Å². The molecule has 3 aromatic rings. The molecule has 1 aliphatic rings. The Morgan fingerprint density at radius 3 is 2.54 bits per heavy atom. The molecule has 2 N–H and O–H groups in total. The zero-order chi connectivity index (χ0) is 19.7. The van der Waals surface area contributed by atoms with E-state index in [1.54, 1.807) is 4.52 Å². The molecule has 7 nitrogen and oxygen atoms in total. The predicted molar refractivity (Wildman–Crippen MR) is 103 cm³/mol. The quantitative estimate of drug-likeness (QED) is 0.651. The fraction of sp³-hybridized carbons (Fsp3) is 0.333. The molecule has 4 rings (SSSR count). The average molecular weight is 379 g/mol. The number of aryl methyl sites for hydroxylation is 2. The van der Waals surface area contributed by atoms with Crippen LogP contribution in [0.3, 0.4) is 0 Å². The summed E-state index contributed by atoms with van der Waals surface area (Å²) in [6, 6.07) is 10.1. The Bertz CT molecular complexity index is 1130. The van der Waals surface area contributed by atoms with Crippen molar-refractivity contribution in [3.63, 3.8) is 0 Å². The molecule has 1 fully saturated rings. The number of carboxylic acid groups (broad SMARTS) is 1. The van der Waals surface area contributed by atoms with Crippen LogP contribution in [0.15, 0.2) is 41.5 Å². The molecule has 0 radical (unpaired) electrons. The highest BCUT2D eigenvalue weighted by atomic mass is 16.4. The highest BCUT2D eigenvalue weighted by Crippen LogP contribution is 2.39. The Kier molecular flexibility index (Phi) is 4.81. The van der Waals surface area contributed by atoms with Crippen molar-refractivity contribution in [3.05, 3.63) is 68.9 Å². The fourth-order valence-electron chi connectivity index (χ4n) is 3.46. The molecule has 144 valence electrons. The van der Waals surface area contributed by atoms with Gasteiger partial charge < -0.3 is 10.2 Å². The maximum Gasteiger partial charge on any atom is 0.303 e. The maximum absolute atomic E-state index is 12.6. The summed E-state index contributed by atoms with van der Waals surface area (Å²) in [5.74, 6) is -0.585. The summed E-state index contributed by atoms with van der Waals surface area (Å²) in [6.07, 6.45) is 4.86. The van der Waals surface area contributed by atoms with Crippen molar-refractivity contribution in [1.82, 2.24) is 14.6 Å². The second-order valence-electron chi connectivity index (χ2n) is 7.23. The van der Waals surface area contributed by atoms with Crippen LogP contribution in [-0.4, -0.2) is 30.8 Å². The molecule has 0 amide bonds. The summed E-state index contributed by atoms with van der Waals surface area (Å²) in [5.41, 5.74) is 3.17. The fourth-order valence-corrected chi connectivity index (χ4v) is 3.46. The van der Waals surface area contributed by atoms with Gasteiger partial charge in [0.05, 0.1) is 6.42 Å². The van der Waals surface area contributed by atoms with Gasteiger partial charge in [-0.1, -0.05) is 24.3 Å². The second-order valence-corrected chi connectivity index (χ2v) is 7.23. The van der Waals surface area contributed by atoms with Gasteiger partial charge in [0.2, 0.25) is 0 Å². The first-order valence-electron chi connectivity index (χ1n) is 9.41. The highest BCUT2D eigenvalue weighted by molar-refractivity contribution is 5.68. The monoisotopic (exact) mass is 379 g/mol. The van der Waals surface area contributed by atoms with Crippen molar-refractivity contribution < 1.29 is 15.0 Å². The Morgan fingerprint density at radius 1 is 1.11 bits per heavy atom. The van der Waals surface area contributed by atoms with Crippen LogP contribution in [0.2, 0.25) is 0 Å². The van der Waals surface area contributed by atoms with Crippen LogP contribution in [0.25, 0.3) is 11.4 Å². The molecule has 1 saturated carbocycles. The van der Waals surface area contributed by atoms with Gasteiger partial charge in [-0.25, -0.2) is 9.50 Å². The van der Waals surface area contributed by atoms with E-state index in [4.69, 9.17) is 5.11 Å². The molecular formula is C21H21N3O4. The Morgan fingerprint density at radius 2 is 1.86 bits per heavy atom. The minimum atomic E-state index is -1.04. The number of carbonyl (C=O) groups is 1. The minimum Gasteiger partial charge on any atom is -0.511 e. The van der Waals surface area contributed by atoms with E-state index in [0.29, 0.717) is 12.1 Å². The summed E-state index contributed by atoms with van der Waals surface area (Å²) >= 11 is 0. The van der Waals surface area contributed by atoms with Crippen molar-refractivity contribution in [2.45, 2.75) is 44.4 Å². The van der Waals surface area contributed by atoms with E-state index in [2.05, 4.69) is 34.3 Å². The van der Waals surface area contributed by atoms with Crippen LogP contribution >= 0.6 is 0 Å². The van der Waals surface area contributed by atoms with Crippen LogP contribution in [0.5, 0.6) is 0 Å². The predicted octanol–water partition coefficient (Wildman–Crippen LogP) is 2.00. The summed E-state index contributed by atoms with van der Waals surface area (Å²) in [6.45, 7) is 0. The zero-order valence-electron chi connectivity index (χ0n) is 15.3. The number of carboxylic acids is 1. The van der Waals surface area contributed by atoms with E-state index >= 15 is 0 Å². The second kappa shape index (κ2) is 7.42. The molecule has 2 aromatic heterocycles. The first kappa shape index (κ1) is 18.2. The average Bonchev–Trinajstić information content (AvgIpc) is 3.42. The van der Waals surface area contributed by atoms with E-state index in [1.807, 2.05) is 0 Å². The van der Waals surface area contributed by atoms with Crippen LogP contribution in [0, 0.1) is 0 Å². The lowest BCUT2D eigenvalue weighted by molar-refractivity contribution is -0.136. The normalized spacial score (nSPS) is 15.0. The first-order valence-corrected chi connectivity index (χ1v) is 9.41. The molecule has 0 saturated heterocycles. The van der Waals surface area contributed by atoms with Crippen LogP contribution in [0.4, 0.5) is 0 Å². The Labute approximate surface area is 161 Å². The van der Waals surface area contributed by atoms with Crippen molar-refractivity contribution in [3.8, 4) is 0 Å². The molecule has 28 heavy (non-hydrogen) atoms. The standard InChI is InChI=1S/C21H21N3O4/c25-17(9-10-19(27)28)20-18(26)11-16(24-21(20)22-12-23-24)8-3-13-1-4-14(5-2-13)15-6-7-15/h1-2,4-5,11-12,15,25H,3,6-10H2,(H,27,28)/b20-17-. The molecule has 7 heteroatoms. The third-order valence-corrected chi connectivity index (χ3v) is 5.15. The van der Waals surface area contributed by atoms with Gasteiger partial charge in [0, 0.05) is 18.2 Å². The number of hydrogen-bond donors (Lipinski definition) is 2. The lowest BCUT2D eigenvalue weighted by Crippen LogP contribution is -2.31. The molecule has 1 aliphatic carbocycles. The Hall–Kier alpha value is -3.22. The molecule has 0 atom stereocenters. The zero-order valence-corrected chi connectivity index (χ0v) is 15.3. The molecule has 0 unspecified atom stereocenters. The van der Waals surface area contributed by atoms with Gasteiger partial charge >= 0.3 is 5.97 Å². The smallest absolute Gasteiger partial charge is 0.303 e. The number of nitrogens with zero attached hydrogens (tertiary/aromatic N) is 3. The van der Waals surface area contributed by atoms with Crippen LogP contribution in [-0.2, 0) is 17.6 Å². The van der Waals surface area contributed by atoms with E-state index in [0.717, 1.165) is 12.3 Å². The van der Waals surface area contributed by atoms with Gasteiger partial charge in [-0.15, -0.1) is 0 Å². The third kappa shape index (κ3) is 3.74. The van der Waals surface area contributed by atoms with Crippen molar-refractivity contribution in [2.75, 3.05) is 0 Å². The van der Waals surface area contributed by atoms with Gasteiger partial charge in [-0.2, -0.15) is 5.10 Å². The minimum absolute atomic E-state index is 0.0243. The SMILES string of the molecule is O=C(O)CC/C(O)=c1\c(=O)cc(CCc2ccc(C3CC3)cc2)n2ncnc12. The first-order chi connectivity index (χ1) is 13.5. The third-order valence-electron chi connectivity index (χ3n) is 5.15. The summed E-state index contributed by atoms with van der Waals surface area (Å²) in [4.78, 5) is 27.4. The molecule has 2 heterocycles. The van der Waals surface area contributed by atoms with Gasteiger partial charge in [-0.3, -0.25) is 9.59 Å². The summed E-state index contributed by atoms with van der Waals surface area (Å²) in [7, 11) is 0. The van der Waals surface area contributed by atoms with Crippen molar-refractivity contribution in [1.29, 1.82) is 0 Å². The summed E-state index contributed by atoms with van der Waals surface area (Å²) < 4.78 is 1.55. The lowest BCUT2D eigenvalue weighted by Gasteiger charge is -2.06. The topological polar surface area (TPSA) is 105 Å². The number of fused-ring (bicyclic) bond motifs is 1. The largest absolute Gasteiger partial charge is 0.511 e. The number of aliphatic hydroxyl groups excluding tert-OH is 1. The lowest BCUT2D eigenvalue weighted by atomic mass is 10.0. The van der Waals surface area contributed by atoms with Gasteiger partial charge in [0.25, 0.3) is 0 Å². The van der Waals surface area contributed by atoms with E-state index in [-0.39, 0.29) is 34.9 Å². The number of pyridine rings is 1. The molecule has 0 spiro atoms. The molecular weight excluding hydrogens is 358 g/mol. The van der Waals surface area contributed by atoms with Crippen LogP contribution in [0.1, 0.15) is 48.4 Å². The van der Waals surface area contributed by atoms with E-state index < -0.39 is 5.97 Å². The number of aliphatic carboxylic acids is 1. The van der Waals surface area contributed by atoms with Crippen molar-refractivity contribution in [2.24, 2.45) is 0 Å². The number of aliphatic hydroxyl groups is 1. The van der Waals surface area contributed by atoms with E-state index in [1.165, 1.54) is 36.4 Å². The number of aromatic nitrogens is 3. The van der Waals surface area contributed by atoms with Crippen LogP contribution < -0.4 is 10.6 Å². The molecule has 1 aromatic carbocycles. The van der Waals surface area contributed by atoms with Gasteiger partial charge in [0.15, 0.2) is 11.1 Å². The molecule has 0 bridgehead atoms. The summed E-state index contributed by atoms with van der Waals surface area (Å²) in [5, 5.41) is 23.2. The maximum atomic E-state index is 12.6. The number of benzene rings is 1. The van der Waals surface area contributed by atoms with Gasteiger partial charge in [0.1, 0.15) is 17.3 Å². The number of rotatable bonds is 7. The number of hydrogen-bond acceptors (Lipinski definition) is 5. The Balaban J connectivity index is 1.61. The van der Waals surface area contributed by atoms with Gasteiger partial charge in [-0.05, 0) is 42.7 Å². The van der Waals surface area contributed by atoms with Crippen molar-refractivity contribution >= 4 is 17.4 Å². The highest BCUT2D eigenvalue weighted by Gasteiger charge is 2.22. The molecule has 0 aliphatic heterocycles.